The Balaban J connectivity index is 1.68. The van der Waals surface area contributed by atoms with Crippen molar-refractivity contribution in [3.8, 4) is 9.75 Å². The number of anilines is 1. The minimum absolute atomic E-state index is 0.0913. The van der Waals surface area contributed by atoms with Crippen LogP contribution in [0.2, 0.25) is 0 Å². The van der Waals surface area contributed by atoms with E-state index in [0.29, 0.717) is 5.75 Å². The van der Waals surface area contributed by atoms with E-state index in [2.05, 4.69) is 29.6 Å². The van der Waals surface area contributed by atoms with Crippen LogP contribution in [-0.4, -0.2) is 11.7 Å². The first-order valence-corrected chi connectivity index (χ1v) is 9.70. The Bertz CT molecular complexity index is 779. The highest BCUT2D eigenvalue weighted by Gasteiger charge is 2.34. The van der Waals surface area contributed by atoms with Crippen molar-refractivity contribution in [1.29, 1.82) is 0 Å². The van der Waals surface area contributed by atoms with Crippen LogP contribution in [0.1, 0.15) is 10.3 Å². The van der Waals surface area contributed by atoms with Crippen LogP contribution < -0.4 is 4.90 Å². The summed E-state index contributed by atoms with van der Waals surface area (Å²) >= 11 is 5.24. The van der Waals surface area contributed by atoms with Gasteiger partial charge in [-0.25, -0.2) is 0 Å². The summed E-state index contributed by atoms with van der Waals surface area (Å²) in [5.74, 6) is 0.735. The van der Waals surface area contributed by atoms with Gasteiger partial charge in [0, 0.05) is 20.3 Å². The average Bonchev–Trinajstić information content (AvgIpc) is 3.28. The normalized spacial score (nSPS) is 18.1. The Kier molecular flexibility index (Phi) is 3.78. The lowest BCUT2D eigenvalue weighted by molar-refractivity contribution is -0.115. The van der Waals surface area contributed by atoms with Gasteiger partial charge in [-0.3, -0.25) is 9.69 Å². The maximum absolute atomic E-state index is 12.3. The van der Waals surface area contributed by atoms with E-state index in [0.717, 1.165) is 5.69 Å². The van der Waals surface area contributed by atoms with Crippen LogP contribution in [-0.2, 0) is 4.79 Å². The summed E-state index contributed by atoms with van der Waals surface area (Å²) < 4.78 is 0. The Labute approximate surface area is 141 Å². The Morgan fingerprint density at radius 2 is 1.82 bits per heavy atom. The van der Waals surface area contributed by atoms with Crippen LogP contribution >= 0.6 is 34.4 Å². The molecule has 2 nitrogen and oxygen atoms in total. The van der Waals surface area contributed by atoms with Crippen LogP contribution in [0.3, 0.4) is 0 Å². The van der Waals surface area contributed by atoms with Crippen molar-refractivity contribution in [2.24, 2.45) is 0 Å². The smallest absolute Gasteiger partial charge is 0.238 e. The molecule has 4 rings (SSSR count). The number of nitrogens with zero attached hydrogens (tertiary/aromatic N) is 1. The first-order valence-electron chi connectivity index (χ1n) is 6.95. The van der Waals surface area contributed by atoms with Gasteiger partial charge in [-0.2, -0.15) is 0 Å². The third-order valence-corrected chi connectivity index (χ3v) is 7.08. The molecule has 1 unspecified atom stereocenters. The fraction of sp³-hybridized carbons (Fsp3) is 0.118. The van der Waals surface area contributed by atoms with Crippen molar-refractivity contribution in [3.05, 3.63) is 64.9 Å². The second-order valence-electron chi connectivity index (χ2n) is 4.94. The highest BCUT2D eigenvalue weighted by molar-refractivity contribution is 8.01. The van der Waals surface area contributed by atoms with Gasteiger partial charge in [-0.15, -0.1) is 34.4 Å². The van der Waals surface area contributed by atoms with Crippen LogP contribution in [0, 0.1) is 0 Å². The van der Waals surface area contributed by atoms with E-state index in [1.54, 1.807) is 34.4 Å². The zero-order valence-corrected chi connectivity index (χ0v) is 14.1. The first kappa shape index (κ1) is 14.1. The number of para-hydroxylation sites is 1. The number of benzene rings is 1. The minimum atomic E-state index is 0.0913. The standard InChI is InChI=1S/C17H13NOS3/c19-16-11-21-17(18(16)12-5-2-1-3-6-12)15-9-8-14(22-15)13-7-4-10-20-13/h1-10,17H,11H2. The molecule has 5 heteroatoms. The minimum Gasteiger partial charge on any atom is -0.294 e. The molecule has 1 aliphatic rings. The van der Waals surface area contributed by atoms with Gasteiger partial charge in [0.1, 0.15) is 5.37 Å². The van der Waals surface area contributed by atoms with E-state index in [4.69, 9.17) is 0 Å². The number of carbonyl (C=O) groups excluding carboxylic acids is 1. The average molecular weight is 343 g/mol. The van der Waals surface area contributed by atoms with Crippen LogP contribution in [0.25, 0.3) is 9.75 Å². The molecular weight excluding hydrogens is 330 g/mol. The van der Waals surface area contributed by atoms with Crippen molar-refractivity contribution < 1.29 is 4.79 Å². The van der Waals surface area contributed by atoms with Crippen LogP contribution in [0.4, 0.5) is 5.69 Å². The number of thioether (sulfide) groups is 1. The number of amides is 1. The molecule has 0 bridgehead atoms. The van der Waals surface area contributed by atoms with Gasteiger partial charge >= 0.3 is 0 Å². The van der Waals surface area contributed by atoms with Crippen LogP contribution in [0.15, 0.2) is 60.0 Å². The largest absolute Gasteiger partial charge is 0.294 e. The zero-order chi connectivity index (χ0) is 14.9. The highest BCUT2D eigenvalue weighted by Crippen LogP contribution is 2.45. The fourth-order valence-electron chi connectivity index (χ4n) is 2.54. The molecule has 1 aliphatic heterocycles. The molecule has 0 spiro atoms. The molecule has 3 aromatic rings. The maximum Gasteiger partial charge on any atom is 0.238 e. The molecule has 0 saturated carbocycles. The lowest BCUT2D eigenvalue weighted by Crippen LogP contribution is -2.27. The molecular formula is C17H13NOS3. The summed E-state index contributed by atoms with van der Waals surface area (Å²) in [5.41, 5.74) is 0.980. The summed E-state index contributed by atoms with van der Waals surface area (Å²) in [7, 11) is 0. The molecule has 1 atom stereocenters. The van der Waals surface area contributed by atoms with E-state index in [-0.39, 0.29) is 11.3 Å². The van der Waals surface area contributed by atoms with Crippen molar-refractivity contribution >= 4 is 46.0 Å². The topological polar surface area (TPSA) is 20.3 Å². The quantitative estimate of drug-likeness (QED) is 0.647. The summed E-state index contributed by atoms with van der Waals surface area (Å²) in [6.45, 7) is 0. The molecule has 0 radical (unpaired) electrons. The fourth-order valence-corrected chi connectivity index (χ4v) is 5.77. The van der Waals surface area contributed by atoms with Crippen molar-refractivity contribution in [2.45, 2.75) is 5.37 Å². The van der Waals surface area contributed by atoms with E-state index in [1.165, 1.54) is 14.6 Å². The SMILES string of the molecule is O=C1CSC(c2ccc(-c3cccs3)s2)N1c1ccccc1. The molecule has 110 valence electrons. The second kappa shape index (κ2) is 5.91. The van der Waals surface area contributed by atoms with Crippen LogP contribution in [0.5, 0.6) is 0 Å². The van der Waals surface area contributed by atoms with Gasteiger partial charge in [0.25, 0.3) is 0 Å². The van der Waals surface area contributed by atoms with E-state index < -0.39 is 0 Å². The van der Waals surface area contributed by atoms with Gasteiger partial charge in [0.15, 0.2) is 0 Å². The molecule has 1 amide bonds. The Hall–Kier alpha value is -1.56. The molecule has 1 aromatic carbocycles. The molecule has 2 aromatic heterocycles. The predicted octanol–water partition coefficient (Wildman–Crippen LogP) is 5.26. The summed E-state index contributed by atoms with van der Waals surface area (Å²) in [4.78, 5) is 18.0. The Morgan fingerprint density at radius 1 is 0.955 bits per heavy atom. The van der Waals surface area contributed by atoms with Gasteiger partial charge in [-0.1, -0.05) is 24.3 Å². The lowest BCUT2D eigenvalue weighted by atomic mass is 10.2. The third kappa shape index (κ3) is 2.49. The molecule has 0 aliphatic carbocycles. The van der Waals surface area contributed by atoms with Gasteiger partial charge in [0.2, 0.25) is 5.91 Å². The molecule has 1 saturated heterocycles. The third-order valence-electron chi connectivity index (χ3n) is 3.54. The number of carbonyl (C=O) groups is 1. The second-order valence-corrected chi connectivity index (χ2v) is 8.07. The monoisotopic (exact) mass is 343 g/mol. The maximum atomic E-state index is 12.3. The predicted molar refractivity (Wildman–Crippen MR) is 96.8 cm³/mol. The zero-order valence-electron chi connectivity index (χ0n) is 11.6. The molecule has 1 fully saturated rings. The van der Waals surface area contributed by atoms with Crippen molar-refractivity contribution in [3.63, 3.8) is 0 Å². The first-order chi connectivity index (χ1) is 10.8. The molecule has 3 heterocycles. The summed E-state index contributed by atoms with van der Waals surface area (Å²) in [5, 5.41) is 2.19. The number of hydrogen-bond donors (Lipinski definition) is 0. The van der Waals surface area contributed by atoms with Crippen molar-refractivity contribution in [1.82, 2.24) is 0 Å². The number of rotatable bonds is 3. The van der Waals surface area contributed by atoms with E-state index >= 15 is 0 Å². The van der Waals surface area contributed by atoms with Gasteiger partial charge in [-0.05, 0) is 35.7 Å². The molecule has 22 heavy (non-hydrogen) atoms. The Morgan fingerprint density at radius 3 is 2.59 bits per heavy atom. The van der Waals surface area contributed by atoms with Gasteiger partial charge < -0.3 is 0 Å². The van der Waals surface area contributed by atoms with E-state index in [9.17, 15) is 4.79 Å². The summed E-state index contributed by atoms with van der Waals surface area (Å²) in [6, 6.07) is 18.5. The lowest BCUT2D eigenvalue weighted by Gasteiger charge is -2.23. The number of hydrogen-bond acceptors (Lipinski definition) is 4. The summed E-state index contributed by atoms with van der Waals surface area (Å²) in [6.07, 6.45) is 0. The van der Waals surface area contributed by atoms with Gasteiger partial charge in [0.05, 0.1) is 5.75 Å². The highest BCUT2D eigenvalue weighted by atomic mass is 32.2. The molecule has 0 N–H and O–H groups in total. The van der Waals surface area contributed by atoms with Crippen molar-refractivity contribution in [2.75, 3.05) is 10.7 Å². The van der Waals surface area contributed by atoms with E-state index in [1.807, 2.05) is 35.2 Å². The number of thiophene rings is 2.